The molecule has 0 radical (unpaired) electrons. The van der Waals surface area contributed by atoms with Gasteiger partial charge in [0.05, 0.1) is 44.8 Å². The number of benzene rings is 2. The van der Waals surface area contributed by atoms with Gasteiger partial charge in [0.25, 0.3) is 0 Å². The van der Waals surface area contributed by atoms with E-state index in [4.69, 9.17) is 29.4 Å². The Morgan fingerprint density at radius 1 is 0.649 bits per heavy atom. The predicted molar refractivity (Wildman–Crippen MR) is 224 cm³/mol. The summed E-state index contributed by atoms with van der Waals surface area (Å²) in [6.07, 6.45) is 5.35. The molecule has 4 bridgehead atoms. The van der Waals surface area contributed by atoms with E-state index in [2.05, 4.69) is 31.2 Å². The molecule has 8 heterocycles. The van der Waals surface area contributed by atoms with Gasteiger partial charge in [0, 0.05) is 62.3 Å². The van der Waals surface area contributed by atoms with E-state index in [9.17, 15) is 9.59 Å². The summed E-state index contributed by atoms with van der Waals surface area (Å²) in [6, 6.07) is 18.1. The second kappa shape index (κ2) is 14.8. The summed E-state index contributed by atoms with van der Waals surface area (Å²) < 4.78 is 14.3. The summed E-state index contributed by atoms with van der Waals surface area (Å²) in [5.41, 5.74) is 4.69. The molecule has 0 saturated carbocycles. The van der Waals surface area contributed by atoms with Crippen molar-refractivity contribution in [1.82, 2.24) is 30.0 Å². The summed E-state index contributed by atoms with van der Waals surface area (Å²) >= 11 is 3.32. The fourth-order valence-corrected chi connectivity index (χ4v) is 10.1. The molecule has 4 amide bonds. The molecule has 10 rings (SSSR count). The molecular weight excluding hydrogens is 761 g/mol. The number of hydrogen-bond acceptors (Lipinski definition) is 12. The molecule has 16 heteroatoms. The summed E-state index contributed by atoms with van der Waals surface area (Å²) in [7, 11) is 1.56. The monoisotopic (exact) mass is 802 g/mol. The van der Waals surface area contributed by atoms with E-state index in [0.717, 1.165) is 95.1 Å². The van der Waals surface area contributed by atoms with Crippen molar-refractivity contribution in [3.63, 3.8) is 0 Å². The lowest BCUT2D eigenvalue weighted by molar-refractivity contribution is 0.0301. The van der Waals surface area contributed by atoms with Crippen LogP contribution >= 0.6 is 22.7 Å². The molecule has 4 aromatic heterocycles. The van der Waals surface area contributed by atoms with Gasteiger partial charge in [-0.1, -0.05) is 0 Å². The SMILES string of the molecule is CCN(C(=O)Nc1ccc(-c2nc(N3CC4CCC(C3)O4)c3sccc3n2)cc1)N(C)C(=O)Nc1ccc(-c2nc(N3CC4CCC(C3)O4)c3sccc3n2)cc1. The highest BCUT2D eigenvalue weighted by Crippen LogP contribution is 2.38. The zero-order chi connectivity index (χ0) is 38.6. The molecule has 4 fully saturated rings. The van der Waals surface area contributed by atoms with E-state index in [1.54, 1.807) is 29.7 Å². The van der Waals surface area contributed by atoms with Gasteiger partial charge in [0.1, 0.15) is 0 Å². The van der Waals surface area contributed by atoms with Crippen molar-refractivity contribution < 1.29 is 19.1 Å². The van der Waals surface area contributed by atoms with E-state index in [1.165, 1.54) is 10.0 Å². The Hall–Kier alpha value is -5.42. The number of rotatable bonds is 7. The number of fused-ring (bicyclic) bond motifs is 6. The first-order chi connectivity index (χ1) is 27.8. The number of nitrogens with zero attached hydrogens (tertiary/aromatic N) is 8. The van der Waals surface area contributed by atoms with Gasteiger partial charge in [-0.3, -0.25) is 0 Å². The molecule has 14 nitrogen and oxygen atoms in total. The quantitative estimate of drug-likeness (QED) is 0.154. The minimum atomic E-state index is -0.458. The minimum absolute atomic E-state index is 0.248. The zero-order valence-electron chi connectivity index (χ0n) is 31.6. The molecule has 4 aliphatic heterocycles. The number of nitrogens with one attached hydrogen (secondary N) is 2. The van der Waals surface area contributed by atoms with Crippen LogP contribution in [0, 0.1) is 0 Å². The van der Waals surface area contributed by atoms with Crippen LogP contribution in [0.2, 0.25) is 0 Å². The highest BCUT2D eigenvalue weighted by Gasteiger charge is 2.36. The Morgan fingerprint density at radius 3 is 1.49 bits per heavy atom. The topological polar surface area (TPSA) is 141 Å². The van der Waals surface area contributed by atoms with Crippen LogP contribution in [0.4, 0.5) is 32.6 Å². The van der Waals surface area contributed by atoms with Gasteiger partial charge in [0.2, 0.25) is 0 Å². The lowest BCUT2D eigenvalue weighted by Gasteiger charge is -2.33. The number of morpholine rings is 2. The Balaban J connectivity index is 0.792. The fraction of sp³-hybridized carbons (Fsp3) is 0.366. The molecule has 4 unspecified atom stereocenters. The van der Waals surface area contributed by atoms with Crippen molar-refractivity contribution in [1.29, 1.82) is 0 Å². The van der Waals surface area contributed by atoms with Crippen molar-refractivity contribution in [2.24, 2.45) is 0 Å². The molecule has 0 aliphatic carbocycles. The third-order valence-electron chi connectivity index (χ3n) is 11.2. The second-order valence-electron chi connectivity index (χ2n) is 15.0. The molecule has 292 valence electrons. The second-order valence-corrected chi connectivity index (χ2v) is 16.8. The average Bonchev–Trinajstić information content (AvgIpc) is 4.05. The van der Waals surface area contributed by atoms with Gasteiger partial charge in [-0.25, -0.2) is 39.5 Å². The van der Waals surface area contributed by atoms with E-state index in [1.807, 2.05) is 67.6 Å². The number of hydrazine groups is 1. The molecule has 4 aliphatic rings. The van der Waals surface area contributed by atoms with Crippen molar-refractivity contribution >= 4 is 78.2 Å². The van der Waals surface area contributed by atoms with Crippen LogP contribution in [0.25, 0.3) is 43.2 Å². The average molecular weight is 803 g/mol. The molecule has 0 spiro atoms. The zero-order valence-corrected chi connectivity index (χ0v) is 33.3. The van der Waals surface area contributed by atoms with E-state index >= 15 is 0 Å². The standard InChI is InChI=1S/C41H42N10O4S2/c1-3-51(41(53)43-27-10-6-25(7-11-27)37-45-33-17-19-57-35(33)39(47-37)50-22-30-14-15-31(23-50)55-30)48(2)40(52)42-26-8-4-24(5-9-26)36-44-32-16-18-56-34(32)38(46-36)49-20-28-12-13-29(21-49)54-28/h4-11,16-19,28-31H,3,12-15,20-23H2,1-2H3,(H,42,52)(H,43,53). The van der Waals surface area contributed by atoms with Crippen LogP contribution < -0.4 is 20.4 Å². The number of urea groups is 2. The molecule has 4 atom stereocenters. The van der Waals surface area contributed by atoms with Crippen molar-refractivity contribution in [2.45, 2.75) is 57.0 Å². The highest BCUT2D eigenvalue weighted by molar-refractivity contribution is 7.18. The highest BCUT2D eigenvalue weighted by atomic mass is 32.1. The number of anilines is 4. The number of aromatic nitrogens is 4. The maximum Gasteiger partial charge on any atom is 0.340 e. The predicted octanol–water partition coefficient (Wildman–Crippen LogP) is 7.70. The van der Waals surface area contributed by atoms with Gasteiger partial charge in [-0.2, -0.15) is 0 Å². The van der Waals surface area contributed by atoms with Crippen LogP contribution in [-0.2, 0) is 9.47 Å². The summed E-state index contributed by atoms with van der Waals surface area (Å²) in [6.45, 7) is 5.41. The molecule has 4 saturated heterocycles. The third kappa shape index (κ3) is 7.00. The number of carbonyl (C=O) groups is 2. The van der Waals surface area contributed by atoms with Crippen LogP contribution in [0.3, 0.4) is 0 Å². The van der Waals surface area contributed by atoms with Gasteiger partial charge in [-0.15, -0.1) is 22.7 Å². The summed E-state index contributed by atoms with van der Waals surface area (Å²) in [4.78, 5) is 51.4. The van der Waals surface area contributed by atoms with E-state index in [-0.39, 0.29) is 31.0 Å². The van der Waals surface area contributed by atoms with Crippen molar-refractivity contribution in [3.8, 4) is 22.8 Å². The van der Waals surface area contributed by atoms with Gasteiger partial charge in [0.15, 0.2) is 23.3 Å². The number of hydrogen-bond donors (Lipinski definition) is 2. The molecule has 57 heavy (non-hydrogen) atoms. The van der Waals surface area contributed by atoms with Crippen LogP contribution in [0.15, 0.2) is 71.4 Å². The molecule has 2 aromatic carbocycles. The molecule has 2 N–H and O–H groups in total. The first-order valence-corrected chi connectivity index (χ1v) is 21.3. The Morgan fingerprint density at radius 2 is 1.07 bits per heavy atom. The summed E-state index contributed by atoms with van der Waals surface area (Å²) in [5.74, 6) is 3.17. The third-order valence-corrected chi connectivity index (χ3v) is 13.0. The smallest absolute Gasteiger partial charge is 0.340 e. The summed E-state index contributed by atoms with van der Waals surface area (Å²) in [5, 5.41) is 12.6. The van der Waals surface area contributed by atoms with Crippen LogP contribution in [-0.4, -0.2) is 106 Å². The first-order valence-electron chi connectivity index (χ1n) is 19.5. The Bertz CT molecular complexity index is 2430. The molecular formula is C41H42N10O4S2. The van der Waals surface area contributed by atoms with Crippen molar-refractivity contribution in [2.75, 3.05) is 60.2 Å². The minimum Gasteiger partial charge on any atom is -0.371 e. The lowest BCUT2D eigenvalue weighted by atomic mass is 10.2. The van der Waals surface area contributed by atoms with E-state index < -0.39 is 12.1 Å². The molecule has 6 aromatic rings. The maximum atomic E-state index is 13.5. The lowest BCUT2D eigenvalue weighted by Crippen LogP contribution is -2.50. The van der Waals surface area contributed by atoms with Crippen LogP contribution in [0.1, 0.15) is 32.6 Å². The Kier molecular flexibility index (Phi) is 9.35. The van der Waals surface area contributed by atoms with Gasteiger partial charge < -0.3 is 29.9 Å². The Labute approximate surface area is 337 Å². The van der Waals surface area contributed by atoms with Gasteiger partial charge >= 0.3 is 12.1 Å². The first kappa shape index (κ1) is 36.0. The number of ether oxygens (including phenoxy) is 2. The van der Waals surface area contributed by atoms with Crippen molar-refractivity contribution in [3.05, 3.63) is 71.4 Å². The largest absolute Gasteiger partial charge is 0.371 e. The van der Waals surface area contributed by atoms with Gasteiger partial charge in [-0.05, 0) is 104 Å². The maximum absolute atomic E-state index is 13.5. The fourth-order valence-electron chi connectivity index (χ4n) is 8.36. The normalized spacial score (nSPS) is 21.3. The number of amides is 4. The van der Waals surface area contributed by atoms with Crippen LogP contribution in [0.5, 0.6) is 0 Å². The number of thiophene rings is 2. The number of carbonyl (C=O) groups excluding carboxylic acids is 2. The van der Waals surface area contributed by atoms with E-state index in [0.29, 0.717) is 23.0 Å².